The summed E-state index contributed by atoms with van der Waals surface area (Å²) in [5, 5.41) is 1.31. The van der Waals surface area contributed by atoms with Crippen LogP contribution in [0.2, 0.25) is 0 Å². The monoisotopic (exact) mass is 225 g/mol. The fourth-order valence-corrected chi connectivity index (χ4v) is 3.20. The van der Waals surface area contributed by atoms with Crippen molar-refractivity contribution < 1.29 is 0 Å². The number of likely N-dealkylation sites (N-methyl/N-ethyl adjacent to an activating group) is 1. The van der Waals surface area contributed by atoms with Crippen molar-refractivity contribution in [3.05, 3.63) is 16.1 Å². The number of hydrogen-bond donors (Lipinski definition) is 1. The summed E-state index contributed by atoms with van der Waals surface area (Å²) in [6.07, 6.45) is 5.56. The Morgan fingerprint density at radius 1 is 1.67 bits per heavy atom. The molecule has 1 atom stereocenters. The van der Waals surface area contributed by atoms with Crippen molar-refractivity contribution in [1.82, 2.24) is 9.88 Å². The van der Waals surface area contributed by atoms with Gasteiger partial charge in [-0.1, -0.05) is 0 Å². The molecule has 0 spiro atoms. The van der Waals surface area contributed by atoms with Crippen LogP contribution in [-0.2, 0) is 6.42 Å². The van der Waals surface area contributed by atoms with E-state index in [1.165, 1.54) is 29.3 Å². The number of hydrogen-bond acceptors (Lipinski definition) is 4. The maximum Gasteiger partial charge on any atom is 0.0971 e. The Balaban J connectivity index is 2.01. The van der Waals surface area contributed by atoms with Crippen LogP contribution in [0.25, 0.3) is 0 Å². The molecule has 15 heavy (non-hydrogen) atoms. The number of likely N-dealkylation sites (tertiary alicyclic amines) is 1. The highest BCUT2D eigenvalue weighted by Crippen LogP contribution is 2.29. The summed E-state index contributed by atoms with van der Waals surface area (Å²) in [5.41, 5.74) is 5.54. The first kappa shape index (κ1) is 11.0. The van der Waals surface area contributed by atoms with E-state index in [0.29, 0.717) is 5.92 Å². The van der Waals surface area contributed by atoms with Crippen molar-refractivity contribution in [2.75, 3.05) is 26.7 Å². The van der Waals surface area contributed by atoms with Crippen LogP contribution in [0.5, 0.6) is 0 Å². The summed E-state index contributed by atoms with van der Waals surface area (Å²) in [6.45, 7) is 3.12. The number of aromatic nitrogens is 1. The molecule has 3 nitrogen and oxygen atoms in total. The Hall–Kier alpha value is -0.450. The van der Waals surface area contributed by atoms with E-state index in [1.54, 1.807) is 0 Å². The number of nitrogens with two attached hydrogens (primary N) is 1. The quantitative estimate of drug-likeness (QED) is 0.846. The summed E-state index contributed by atoms with van der Waals surface area (Å²) in [5.74, 6) is 0.653. The maximum atomic E-state index is 5.54. The molecule has 1 unspecified atom stereocenters. The second-order valence-electron chi connectivity index (χ2n) is 4.30. The van der Waals surface area contributed by atoms with Crippen molar-refractivity contribution in [2.24, 2.45) is 5.73 Å². The van der Waals surface area contributed by atoms with Gasteiger partial charge in [0.25, 0.3) is 0 Å². The first-order valence-electron chi connectivity index (χ1n) is 5.63. The van der Waals surface area contributed by atoms with Crippen molar-refractivity contribution in [1.29, 1.82) is 0 Å². The molecule has 84 valence electrons. The second-order valence-corrected chi connectivity index (χ2v) is 5.45. The molecule has 2 heterocycles. The van der Waals surface area contributed by atoms with Gasteiger partial charge in [-0.3, -0.25) is 0 Å². The van der Waals surface area contributed by atoms with Crippen molar-refractivity contribution >= 4 is 11.3 Å². The molecule has 0 aliphatic carbocycles. The molecular formula is C11H19N3S. The predicted octanol–water partition coefficient (Wildman–Crippen LogP) is 1.45. The van der Waals surface area contributed by atoms with Gasteiger partial charge in [0.15, 0.2) is 0 Å². The smallest absolute Gasteiger partial charge is 0.0971 e. The molecule has 4 heteroatoms. The number of piperidine rings is 1. The molecule has 0 saturated carbocycles. The van der Waals surface area contributed by atoms with Gasteiger partial charge < -0.3 is 10.6 Å². The van der Waals surface area contributed by atoms with E-state index in [2.05, 4.69) is 16.9 Å². The third-order valence-corrected chi connectivity index (χ3v) is 4.16. The van der Waals surface area contributed by atoms with Crippen LogP contribution in [0.15, 0.2) is 6.20 Å². The molecule has 0 radical (unpaired) electrons. The zero-order chi connectivity index (χ0) is 10.7. The summed E-state index contributed by atoms with van der Waals surface area (Å²) in [6, 6.07) is 0. The Morgan fingerprint density at radius 3 is 3.27 bits per heavy atom. The Morgan fingerprint density at radius 2 is 2.53 bits per heavy atom. The average molecular weight is 225 g/mol. The average Bonchev–Trinajstić information content (AvgIpc) is 2.67. The lowest BCUT2D eigenvalue weighted by Gasteiger charge is -2.28. The highest BCUT2D eigenvalue weighted by Gasteiger charge is 2.21. The fourth-order valence-electron chi connectivity index (χ4n) is 2.14. The first-order valence-corrected chi connectivity index (χ1v) is 6.44. The van der Waals surface area contributed by atoms with Crippen LogP contribution < -0.4 is 5.73 Å². The molecule has 1 aromatic rings. The van der Waals surface area contributed by atoms with Gasteiger partial charge in [0, 0.05) is 23.5 Å². The predicted molar refractivity (Wildman–Crippen MR) is 64.3 cm³/mol. The lowest BCUT2D eigenvalue weighted by Crippen LogP contribution is -2.30. The van der Waals surface area contributed by atoms with E-state index >= 15 is 0 Å². The Kier molecular flexibility index (Phi) is 3.72. The van der Waals surface area contributed by atoms with Gasteiger partial charge in [0.2, 0.25) is 0 Å². The molecule has 0 aromatic carbocycles. The van der Waals surface area contributed by atoms with Crippen molar-refractivity contribution in [3.63, 3.8) is 0 Å². The molecule has 1 aromatic heterocycles. The lowest BCUT2D eigenvalue weighted by atomic mass is 9.99. The zero-order valence-electron chi connectivity index (χ0n) is 9.28. The maximum absolute atomic E-state index is 5.54. The van der Waals surface area contributed by atoms with E-state index in [-0.39, 0.29) is 0 Å². The topological polar surface area (TPSA) is 42.2 Å². The van der Waals surface area contributed by atoms with Crippen LogP contribution in [0.4, 0.5) is 0 Å². The fraction of sp³-hybridized carbons (Fsp3) is 0.727. The molecule has 2 rings (SSSR count). The van der Waals surface area contributed by atoms with Gasteiger partial charge in [0.1, 0.15) is 0 Å². The summed E-state index contributed by atoms with van der Waals surface area (Å²) in [7, 11) is 2.20. The van der Waals surface area contributed by atoms with E-state index in [1.807, 2.05) is 17.5 Å². The summed E-state index contributed by atoms with van der Waals surface area (Å²) < 4.78 is 0. The first-order chi connectivity index (χ1) is 7.29. The number of rotatable bonds is 3. The summed E-state index contributed by atoms with van der Waals surface area (Å²) in [4.78, 5) is 8.26. The highest BCUT2D eigenvalue weighted by molar-refractivity contribution is 7.11. The molecule has 1 aliphatic rings. The summed E-state index contributed by atoms with van der Waals surface area (Å²) >= 11 is 1.85. The molecule has 0 bridgehead atoms. The van der Waals surface area contributed by atoms with Crippen molar-refractivity contribution in [2.45, 2.75) is 25.2 Å². The van der Waals surface area contributed by atoms with Crippen molar-refractivity contribution in [3.8, 4) is 0 Å². The van der Waals surface area contributed by atoms with Gasteiger partial charge in [-0.2, -0.15) is 0 Å². The Labute approximate surface area is 95.3 Å². The normalized spacial score (nSPS) is 23.2. The van der Waals surface area contributed by atoms with Crippen LogP contribution in [-0.4, -0.2) is 36.6 Å². The molecule has 1 saturated heterocycles. The number of nitrogens with zero attached hydrogens (tertiary/aromatic N) is 2. The largest absolute Gasteiger partial charge is 0.330 e. The zero-order valence-corrected chi connectivity index (χ0v) is 10.1. The minimum Gasteiger partial charge on any atom is -0.330 e. The van der Waals surface area contributed by atoms with Crippen LogP contribution in [0.1, 0.15) is 28.6 Å². The van der Waals surface area contributed by atoms with Crippen LogP contribution in [0, 0.1) is 0 Å². The van der Waals surface area contributed by atoms with Gasteiger partial charge in [0.05, 0.1) is 5.01 Å². The van der Waals surface area contributed by atoms with E-state index in [0.717, 1.165) is 19.5 Å². The second kappa shape index (κ2) is 5.05. The standard InChI is InChI=1S/C11H19N3S/c1-14-6-2-3-9(8-14)11-13-7-10(15-11)4-5-12/h7,9H,2-6,8,12H2,1H3. The van der Waals surface area contributed by atoms with Crippen LogP contribution in [0.3, 0.4) is 0 Å². The molecule has 0 amide bonds. The molecule has 1 aliphatic heterocycles. The minimum atomic E-state index is 0.653. The molecule has 2 N–H and O–H groups in total. The Bertz CT molecular complexity index is 311. The van der Waals surface area contributed by atoms with Gasteiger partial charge in [-0.15, -0.1) is 11.3 Å². The van der Waals surface area contributed by atoms with E-state index in [4.69, 9.17) is 5.73 Å². The minimum absolute atomic E-state index is 0.653. The third-order valence-electron chi connectivity index (χ3n) is 2.94. The van der Waals surface area contributed by atoms with Gasteiger partial charge >= 0.3 is 0 Å². The number of thiazole rings is 1. The van der Waals surface area contributed by atoms with Gasteiger partial charge in [-0.05, 0) is 39.4 Å². The third kappa shape index (κ3) is 2.77. The molecule has 1 fully saturated rings. The lowest BCUT2D eigenvalue weighted by molar-refractivity contribution is 0.250. The SMILES string of the molecule is CN1CCCC(c2ncc(CCN)s2)C1. The van der Waals surface area contributed by atoms with Crippen LogP contribution >= 0.6 is 11.3 Å². The molecular weight excluding hydrogens is 206 g/mol. The van der Waals surface area contributed by atoms with Gasteiger partial charge in [-0.25, -0.2) is 4.98 Å². The van der Waals surface area contributed by atoms with E-state index in [9.17, 15) is 0 Å². The van der Waals surface area contributed by atoms with E-state index < -0.39 is 0 Å². The highest BCUT2D eigenvalue weighted by atomic mass is 32.1.